The van der Waals surface area contributed by atoms with Crippen molar-refractivity contribution in [1.82, 2.24) is 9.80 Å². The fraction of sp³-hybridized carbons (Fsp3) is 0.895. The molecule has 0 N–H and O–H groups in total. The Morgan fingerprint density at radius 3 is 2.17 bits per heavy atom. The van der Waals surface area contributed by atoms with Crippen LogP contribution in [0.5, 0.6) is 0 Å². The molecule has 1 saturated carbocycles. The molecular weight excluding hydrogens is 288 g/mol. The number of piperidine rings is 1. The third kappa shape index (κ3) is 3.41. The minimum absolute atomic E-state index is 0.107. The van der Waals surface area contributed by atoms with Gasteiger partial charge in [0, 0.05) is 31.1 Å². The van der Waals surface area contributed by atoms with E-state index >= 15 is 0 Å². The Labute approximate surface area is 140 Å². The van der Waals surface area contributed by atoms with E-state index in [9.17, 15) is 9.59 Å². The van der Waals surface area contributed by atoms with Gasteiger partial charge in [-0.1, -0.05) is 6.92 Å². The molecule has 3 atom stereocenters. The second-order valence-corrected chi connectivity index (χ2v) is 8.24. The van der Waals surface area contributed by atoms with Crippen molar-refractivity contribution in [3.05, 3.63) is 0 Å². The third-order valence-electron chi connectivity index (χ3n) is 6.38. The molecule has 0 aromatic rings. The molecule has 0 spiro atoms. The zero-order chi connectivity index (χ0) is 16.6. The zero-order valence-corrected chi connectivity index (χ0v) is 15.0. The van der Waals surface area contributed by atoms with Crippen molar-refractivity contribution in [2.24, 2.45) is 11.8 Å². The second-order valence-electron chi connectivity index (χ2n) is 8.24. The molecule has 2 aliphatic heterocycles. The lowest BCUT2D eigenvalue weighted by molar-refractivity contribution is -0.141. The summed E-state index contributed by atoms with van der Waals surface area (Å²) in [4.78, 5) is 29.6. The Bertz CT molecular complexity index is 446. The van der Waals surface area contributed by atoms with E-state index in [-0.39, 0.29) is 17.7 Å². The van der Waals surface area contributed by atoms with E-state index in [1.54, 1.807) is 0 Å². The van der Waals surface area contributed by atoms with Gasteiger partial charge in [0.1, 0.15) is 0 Å². The van der Waals surface area contributed by atoms with E-state index < -0.39 is 0 Å². The number of rotatable bonds is 2. The minimum Gasteiger partial charge on any atom is -0.339 e. The molecule has 130 valence electrons. The third-order valence-corrected chi connectivity index (χ3v) is 6.38. The maximum Gasteiger partial charge on any atom is 0.228 e. The molecule has 0 aromatic heterocycles. The fourth-order valence-electron chi connectivity index (χ4n) is 4.87. The predicted octanol–water partition coefficient (Wildman–Crippen LogP) is 3.20. The first-order valence-corrected chi connectivity index (χ1v) is 9.59. The van der Waals surface area contributed by atoms with Crippen molar-refractivity contribution in [2.75, 3.05) is 6.54 Å². The molecule has 3 fully saturated rings. The standard InChI is InChI=1S/C19H32N2O2/c1-13-7-9-17(10-8-13)20-12-16(11-18(20)22)19(23)21-14(2)5-4-6-15(21)3/h13-17H,4-12H2,1-3H3/t13?,14-,15+,16-,17?/m0/s1. The van der Waals surface area contributed by atoms with Gasteiger partial charge in [-0.2, -0.15) is 0 Å². The maximum atomic E-state index is 13.0. The lowest BCUT2D eigenvalue weighted by atomic mass is 9.86. The molecule has 1 aliphatic carbocycles. The molecule has 4 heteroatoms. The molecule has 0 unspecified atom stereocenters. The Balaban J connectivity index is 1.63. The average molecular weight is 320 g/mol. The highest BCUT2D eigenvalue weighted by Gasteiger charge is 2.42. The Hall–Kier alpha value is -1.06. The minimum atomic E-state index is -0.107. The number of carbonyl (C=O) groups is 2. The summed E-state index contributed by atoms with van der Waals surface area (Å²) in [5.74, 6) is 1.12. The highest BCUT2D eigenvalue weighted by atomic mass is 16.2. The van der Waals surface area contributed by atoms with Crippen LogP contribution in [0.1, 0.15) is 72.1 Å². The molecule has 0 radical (unpaired) electrons. The van der Waals surface area contributed by atoms with Gasteiger partial charge in [0.2, 0.25) is 11.8 Å². The molecule has 3 aliphatic rings. The quantitative estimate of drug-likeness (QED) is 0.784. The summed E-state index contributed by atoms with van der Waals surface area (Å²) in [7, 11) is 0. The summed E-state index contributed by atoms with van der Waals surface area (Å²) >= 11 is 0. The van der Waals surface area contributed by atoms with Crippen LogP contribution in [0.25, 0.3) is 0 Å². The highest BCUT2D eigenvalue weighted by molar-refractivity contribution is 5.89. The molecule has 2 amide bonds. The van der Waals surface area contributed by atoms with Gasteiger partial charge in [-0.15, -0.1) is 0 Å². The maximum absolute atomic E-state index is 13.0. The first-order chi connectivity index (χ1) is 11.0. The van der Waals surface area contributed by atoms with Gasteiger partial charge in [0.05, 0.1) is 5.92 Å². The average Bonchev–Trinajstić information content (AvgIpc) is 2.90. The van der Waals surface area contributed by atoms with Crippen molar-refractivity contribution in [2.45, 2.75) is 90.3 Å². The predicted molar refractivity (Wildman–Crippen MR) is 90.9 cm³/mol. The number of nitrogens with zero attached hydrogens (tertiary/aromatic N) is 2. The summed E-state index contributed by atoms with van der Waals surface area (Å²) in [5.41, 5.74) is 0. The van der Waals surface area contributed by atoms with Gasteiger partial charge < -0.3 is 9.80 Å². The van der Waals surface area contributed by atoms with Gasteiger partial charge in [-0.25, -0.2) is 0 Å². The van der Waals surface area contributed by atoms with Crippen LogP contribution in [-0.4, -0.2) is 46.3 Å². The van der Waals surface area contributed by atoms with Crippen LogP contribution in [0, 0.1) is 11.8 Å². The Morgan fingerprint density at radius 2 is 1.57 bits per heavy atom. The first kappa shape index (κ1) is 16.8. The van der Waals surface area contributed by atoms with Crippen LogP contribution >= 0.6 is 0 Å². The van der Waals surface area contributed by atoms with E-state index in [0.717, 1.165) is 31.6 Å². The van der Waals surface area contributed by atoms with Crippen LogP contribution < -0.4 is 0 Å². The molecule has 2 heterocycles. The number of likely N-dealkylation sites (tertiary alicyclic amines) is 2. The summed E-state index contributed by atoms with van der Waals surface area (Å²) in [6.07, 6.45) is 8.50. The van der Waals surface area contributed by atoms with Gasteiger partial charge in [-0.3, -0.25) is 9.59 Å². The fourth-order valence-corrected chi connectivity index (χ4v) is 4.87. The van der Waals surface area contributed by atoms with Gasteiger partial charge in [-0.05, 0) is 64.7 Å². The lowest BCUT2D eigenvalue weighted by Gasteiger charge is -2.40. The molecular formula is C19H32N2O2. The Kier molecular flexibility index (Phi) is 4.98. The number of hydrogen-bond donors (Lipinski definition) is 0. The first-order valence-electron chi connectivity index (χ1n) is 9.59. The van der Waals surface area contributed by atoms with Crippen molar-refractivity contribution in [3.8, 4) is 0 Å². The van der Waals surface area contributed by atoms with Crippen molar-refractivity contribution in [1.29, 1.82) is 0 Å². The van der Waals surface area contributed by atoms with E-state index in [1.165, 1.54) is 19.3 Å². The van der Waals surface area contributed by atoms with E-state index in [4.69, 9.17) is 0 Å². The summed E-state index contributed by atoms with van der Waals surface area (Å²) in [6.45, 7) is 7.27. The molecule has 2 saturated heterocycles. The number of carbonyl (C=O) groups excluding carboxylic acids is 2. The van der Waals surface area contributed by atoms with Crippen LogP contribution in [0.15, 0.2) is 0 Å². The van der Waals surface area contributed by atoms with Crippen molar-refractivity contribution < 1.29 is 9.59 Å². The van der Waals surface area contributed by atoms with Crippen LogP contribution in [-0.2, 0) is 9.59 Å². The summed E-state index contributed by atoms with van der Waals surface area (Å²) < 4.78 is 0. The summed E-state index contributed by atoms with van der Waals surface area (Å²) in [5, 5.41) is 0. The van der Waals surface area contributed by atoms with E-state index in [2.05, 4.69) is 25.7 Å². The van der Waals surface area contributed by atoms with Gasteiger partial charge in [0.25, 0.3) is 0 Å². The van der Waals surface area contributed by atoms with Crippen molar-refractivity contribution in [3.63, 3.8) is 0 Å². The Morgan fingerprint density at radius 1 is 0.957 bits per heavy atom. The number of amides is 2. The van der Waals surface area contributed by atoms with E-state index in [0.29, 0.717) is 31.1 Å². The van der Waals surface area contributed by atoms with E-state index in [1.807, 2.05) is 4.90 Å². The van der Waals surface area contributed by atoms with Gasteiger partial charge in [0.15, 0.2) is 0 Å². The monoisotopic (exact) mass is 320 g/mol. The smallest absolute Gasteiger partial charge is 0.228 e. The van der Waals surface area contributed by atoms with Crippen LogP contribution in [0.2, 0.25) is 0 Å². The molecule has 3 rings (SSSR count). The lowest BCUT2D eigenvalue weighted by Crippen LogP contribution is -2.50. The topological polar surface area (TPSA) is 40.6 Å². The molecule has 0 bridgehead atoms. The molecule has 0 aromatic carbocycles. The molecule has 4 nitrogen and oxygen atoms in total. The largest absolute Gasteiger partial charge is 0.339 e. The SMILES string of the molecule is CC1CCC(N2C[C@@H](C(=O)N3[C@H](C)CCC[C@@H]3C)CC2=O)CC1. The van der Waals surface area contributed by atoms with Crippen LogP contribution in [0.4, 0.5) is 0 Å². The highest BCUT2D eigenvalue weighted by Crippen LogP contribution is 2.33. The zero-order valence-electron chi connectivity index (χ0n) is 15.0. The number of hydrogen-bond acceptors (Lipinski definition) is 2. The molecule has 23 heavy (non-hydrogen) atoms. The van der Waals surface area contributed by atoms with Crippen LogP contribution in [0.3, 0.4) is 0 Å². The second kappa shape index (κ2) is 6.82. The van der Waals surface area contributed by atoms with Crippen molar-refractivity contribution >= 4 is 11.8 Å². The normalized spacial score (nSPS) is 38.9. The van der Waals surface area contributed by atoms with Gasteiger partial charge >= 0.3 is 0 Å². The summed E-state index contributed by atoms with van der Waals surface area (Å²) in [6, 6.07) is 1.03.